The number of ether oxygens (including phenoxy) is 2. The lowest BCUT2D eigenvalue weighted by molar-refractivity contribution is -0.330. The van der Waals surface area contributed by atoms with Crippen LogP contribution < -0.4 is 15.5 Å². The number of carbonyl (C=O) groups excluding carboxylic acids is 2. The summed E-state index contributed by atoms with van der Waals surface area (Å²) in [5.74, 6) is -0.507. The summed E-state index contributed by atoms with van der Waals surface area (Å²) in [5.41, 5.74) is -0.341. The average molecular weight is 550 g/mol. The molecule has 5 fully saturated rings. The van der Waals surface area contributed by atoms with Crippen molar-refractivity contribution in [1.82, 2.24) is 5.34 Å². The maximum atomic E-state index is 13.3. The molecule has 1 unspecified atom stereocenters. The maximum absolute atomic E-state index is 13.3. The first-order chi connectivity index (χ1) is 18.9. The Kier molecular flexibility index (Phi) is 6.29. The molecule has 1 spiro atoms. The van der Waals surface area contributed by atoms with Gasteiger partial charge >= 0.3 is 13.0 Å². The van der Waals surface area contributed by atoms with Gasteiger partial charge in [-0.05, 0) is 71.5 Å². The molecule has 40 heavy (non-hydrogen) atoms. The molecule has 5 aliphatic carbocycles. The fourth-order valence-corrected chi connectivity index (χ4v) is 9.47. The van der Waals surface area contributed by atoms with Crippen molar-refractivity contribution in [3.63, 3.8) is 0 Å². The van der Waals surface area contributed by atoms with E-state index < -0.39 is 47.6 Å². The van der Waals surface area contributed by atoms with E-state index in [-0.39, 0.29) is 42.0 Å². The van der Waals surface area contributed by atoms with Crippen molar-refractivity contribution in [2.45, 2.75) is 65.3 Å². The molecule has 0 saturated heterocycles. The average Bonchev–Trinajstić information content (AvgIpc) is 2.93. The summed E-state index contributed by atoms with van der Waals surface area (Å²) in [4.78, 5) is 26.6. The molecule has 9 nitrogen and oxygen atoms in total. The van der Waals surface area contributed by atoms with Gasteiger partial charge in [0.1, 0.15) is 18.0 Å². The van der Waals surface area contributed by atoms with Gasteiger partial charge < -0.3 is 30.0 Å². The number of hydrazone groups is 1. The van der Waals surface area contributed by atoms with Gasteiger partial charge in [0.25, 0.3) is 0 Å². The van der Waals surface area contributed by atoms with Gasteiger partial charge in [-0.25, -0.2) is 4.79 Å². The van der Waals surface area contributed by atoms with Gasteiger partial charge in [0.2, 0.25) is 0 Å². The van der Waals surface area contributed by atoms with E-state index in [1.54, 1.807) is 30.5 Å². The van der Waals surface area contributed by atoms with E-state index in [1.807, 2.05) is 6.92 Å². The summed E-state index contributed by atoms with van der Waals surface area (Å²) in [6, 6.07) is 5.13. The zero-order chi connectivity index (χ0) is 28.8. The number of Topliss-reactive ketones (excluding diaryl/α,β-unsaturated/α-hetero) is 1. The second kappa shape index (κ2) is 9.16. The van der Waals surface area contributed by atoms with Crippen LogP contribution in [0.15, 0.2) is 36.0 Å². The SMILES string of the molecule is C=C[C@]1(C)C[C@@H](OC(=O)COc2ccc3c(c2)B(O)NN=C3)[C@]2(C)[C@H](C)C[C@H]3C4C(=O)[C@@H](O)C[C@@]3([C@@H](C)[C@@H]1O)[C@@H]42. The summed E-state index contributed by atoms with van der Waals surface area (Å²) in [5, 5.41) is 39.1. The van der Waals surface area contributed by atoms with Crippen LogP contribution in [-0.2, 0) is 14.3 Å². The van der Waals surface area contributed by atoms with Gasteiger partial charge in [0.15, 0.2) is 12.4 Å². The van der Waals surface area contributed by atoms with Crippen molar-refractivity contribution >= 4 is 30.5 Å². The number of aliphatic hydroxyl groups excluding tert-OH is 2. The van der Waals surface area contributed by atoms with Gasteiger partial charge in [0, 0.05) is 16.7 Å². The van der Waals surface area contributed by atoms with Crippen LogP contribution in [0.2, 0.25) is 0 Å². The van der Waals surface area contributed by atoms with Gasteiger partial charge in [-0.3, -0.25) is 4.79 Å². The molecular weight excluding hydrogens is 511 g/mol. The third-order valence-electron chi connectivity index (χ3n) is 11.8. The van der Waals surface area contributed by atoms with E-state index >= 15 is 0 Å². The minimum absolute atomic E-state index is 0.0984. The van der Waals surface area contributed by atoms with Crippen molar-refractivity contribution in [2.24, 2.45) is 50.9 Å². The third-order valence-corrected chi connectivity index (χ3v) is 11.8. The molecule has 0 aromatic heterocycles. The summed E-state index contributed by atoms with van der Waals surface area (Å²) >= 11 is 0. The van der Waals surface area contributed by atoms with E-state index in [2.05, 4.69) is 37.8 Å². The standard InChI is InChI=1S/C30H39BN2O7/c1-6-28(4)12-22(40-23(35)14-39-18-8-7-17-13-32-33-31(38)20(17)10-18)29(5)15(2)9-19-24-25(36)21(34)11-30(19,26(24)29)16(3)27(28)37/h6-8,10,13,15-16,19,21-22,24,26-27,33-34,37-38H,1,9,11-12,14H2,2-5H3/t15-,16+,19+,21+,22-,24?,26+,27+,28-,29+,30+/m1/s1. The van der Waals surface area contributed by atoms with Crippen LogP contribution in [0.4, 0.5) is 0 Å². The van der Waals surface area contributed by atoms with E-state index in [0.717, 1.165) is 12.0 Å². The maximum Gasteiger partial charge on any atom is 0.464 e. The van der Waals surface area contributed by atoms with Crippen LogP contribution in [0.1, 0.15) is 52.5 Å². The highest BCUT2D eigenvalue weighted by molar-refractivity contribution is 6.65. The predicted octanol–water partition coefficient (Wildman–Crippen LogP) is 1.42. The Morgan fingerprint density at radius 1 is 1.27 bits per heavy atom. The Morgan fingerprint density at radius 3 is 2.75 bits per heavy atom. The van der Waals surface area contributed by atoms with Gasteiger partial charge in [0.05, 0.1) is 12.3 Å². The van der Waals surface area contributed by atoms with Crippen molar-refractivity contribution in [3.8, 4) is 5.75 Å². The summed E-state index contributed by atoms with van der Waals surface area (Å²) in [6.45, 7) is 12.0. The Hall–Kier alpha value is -2.69. The highest BCUT2D eigenvalue weighted by Gasteiger charge is 2.80. The lowest BCUT2D eigenvalue weighted by Gasteiger charge is -2.79. The number of carbonyl (C=O) groups is 2. The van der Waals surface area contributed by atoms with Crippen molar-refractivity contribution in [2.75, 3.05) is 6.61 Å². The molecular formula is C30H39BN2O7. The summed E-state index contributed by atoms with van der Waals surface area (Å²) in [7, 11) is -0.970. The molecule has 7 rings (SSSR count). The van der Waals surface area contributed by atoms with Crippen LogP contribution in [-0.4, -0.2) is 65.2 Å². The lowest BCUT2D eigenvalue weighted by atomic mass is 9.25. The number of esters is 1. The molecule has 5 bridgehead atoms. The second-order valence-electron chi connectivity index (χ2n) is 13.3. The number of rotatable bonds is 5. The molecule has 4 N–H and O–H groups in total. The third kappa shape index (κ3) is 3.54. The number of nitrogens with zero attached hydrogens (tertiary/aromatic N) is 1. The molecule has 5 saturated carbocycles. The Morgan fingerprint density at radius 2 is 2.02 bits per heavy atom. The topological polar surface area (TPSA) is 138 Å². The Bertz CT molecular complexity index is 1290. The minimum atomic E-state index is -1.02. The molecule has 11 atom stereocenters. The molecule has 1 aromatic rings. The van der Waals surface area contributed by atoms with Gasteiger partial charge in [-0.15, -0.1) is 6.58 Å². The van der Waals surface area contributed by atoms with Crippen LogP contribution in [0.3, 0.4) is 0 Å². The molecule has 6 aliphatic rings. The normalized spacial score (nSPS) is 44.8. The van der Waals surface area contributed by atoms with Crippen molar-refractivity contribution in [1.29, 1.82) is 0 Å². The number of aliphatic hydroxyl groups is 2. The number of benzene rings is 1. The second-order valence-corrected chi connectivity index (χ2v) is 13.3. The van der Waals surface area contributed by atoms with Crippen LogP contribution >= 0.6 is 0 Å². The lowest BCUT2D eigenvalue weighted by Crippen LogP contribution is -2.80. The molecule has 10 heteroatoms. The highest BCUT2D eigenvalue weighted by Crippen LogP contribution is 2.79. The molecule has 1 aromatic carbocycles. The first-order valence-electron chi connectivity index (χ1n) is 14.3. The summed E-state index contributed by atoms with van der Waals surface area (Å²) < 4.78 is 12.0. The largest absolute Gasteiger partial charge is 0.482 e. The Balaban J connectivity index is 1.30. The number of ketones is 1. The zero-order valence-electron chi connectivity index (χ0n) is 23.5. The molecule has 1 heterocycles. The number of nitrogens with one attached hydrogen (secondary N) is 1. The van der Waals surface area contributed by atoms with Gasteiger partial charge in [-0.1, -0.05) is 39.8 Å². The molecule has 1 aliphatic heterocycles. The number of hydrogen-bond acceptors (Lipinski definition) is 9. The fourth-order valence-electron chi connectivity index (χ4n) is 9.47. The number of fused-ring (bicyclic) bond motifs is 2. The molecule has 0 amide bonds. The van der Waals surface area contributed by atoms with Crippen molar-refractivity contribution in [3.05, 3.63) is 36.4 Å². The van der Waals surface area contributed by atoms with E-state index in [4.69, 9.17) is 9.47 Å². The highest BCUT2D eigenvalue weighted by atomic mass is 16.6. The minimum Gasteiger partial charge on any atom is -0.482 e. The zero-order valence-corrected chi connectivity index (χ0v) is 23.5. The summed E-state index contributed by atoms with van der Waals surface area (Å²) in [6.07, 6.45) is 2.47. The molecule has 0 radical (unpaired) electrons. The van der Waals surface area contributed by atoms with Crippen LogP contribution in [0.5, 0.6) is 5.75 Å². The van der Waals surface area contributed by atoms with Crippen molar-refractivity contribution < 1.29 is 34.3 Å². The van der Waals surface area contributed by atoms with Gasteiger partial charge in [-0.2, -0.15) is 5.10 Å². The smallest absolute Gasteiger partial charge is 0.464 e. The van der Waals surface area contributed by atoms with E-state index in [0.29, 0.717) is 24.1 Å². The monoisotopic (exact) mass is 550 g/mol. The first kappa shape index (κ1) is 27.5. The predicted molar refractivity (Wildman–Crippen MR) is 149 cm³/mol. The first-order valence-corrected chi connectivity index (χ1v) is 14.3. The number of hydrogen-bond donors (Lipinski definition) is 4. The fraction of sp³-hybridized carbons (Fsp3) is 0.633. The van der Waals surface area contributed by atoms with E-state index in [1.165, 1.54) is 0 Å². The Labute approximate surface area is 235 Å². The van der Waals surface area contributed by atoms with E-state index in [9.17, 15) is 24.8 Å². The quantitative estimate of drug-likeness (QED) is 0.246. The molecule has 214 valence electrons. The van der Waals surface area contributed by atoms with Crippen LogP contribution in [0.25, 0.3) is 0 Å². The van der Waals surface area contributed by atoms with Crippen LogP contribution in [0, 0.1) is 45.8 Å².